The predicted octanol–water partition coefficient (Wildman–Crippen LogP) is 2.48. The fraction of sp³-hybridized carbons (Fsp3) is 0. The highest BCUT2D eigenvalue weighted by molar-refractivity contribution is 5.97. The molecule has 0 aliphatic carbocycles. The summed E-state index contributed by atoms with van der Waals surface area (Å²) in [6.45, 7) is 0. The van der Waals surface area contributed by atoms with Gasteiger partial charge in [-0.05, 0) is 18.2 Å². The summed E-state index contributed by atoms with van der Waals surface area (Å²) < 4.78 is 4.92. The summed E-state index contributed by atoms with van der Waals surface area (Å²) in [5.41, 5.74) is 7.13. The lowest BCUT2D eigenvalue weighted by Gasteiger charge is -2.00. The number of amidine groups is 1. The zero-order valence-corrected chi connectivity index (χ0v) is 11.8. The summed E-state index contributed by atoms with van der Waals surface area (Å²) in [7, 11) is 0. The van der Waals surface area contributed by atoms with Crippen molar-refractivity contribution in [1.82, 2.24) is 4.98 Å². The number of benzene rings is 1. The minimum atomic E-state index is -0.631. The summed E-state index contributed by atoms with van der Waals surface area (Å²) in [4.78, 5) is 14.3. The third-order valence-electron chi connectivity index (χ3n) is 3.00. The zero-order chi connectivity index (χ0) is 16.2. The molecule has 0 atom stereocenters. The molecule has 0 saturated heterocycles. The summed E-state index contributed by atoms with van der Waals surface area (Å²) in [5.74, 6) is -0.0209. The lowest BCUT2D eigenvalue weighted by molar-refractivity contribution is -0.402. The fourth-order valence-electron chi connectivity index (χ4n) is 1.92. The van der Waals surface area contributed by atoms with Crippen molar-refractivity contribution in [3.05, 3.63) is 70.1 Å². The van der Waals surface area contributed by atoms with Crippen molar-refractivity contribution in [3.8, 4) is 0 Å². The number of nitrogens with zero attached hydrogens (tertiary/aromatic N) is 4. The first-order valence-electron chi connectivity index (χ1n) is 6.60. The monoisotopic (exact) mass is 309 g/mol. The van der Waals surface area contributed by atoms with E-state index in [-0.39, 0.29) is 17.5 Å². The van der Waals surface area contributed by atoms with Gasteiger partial charge in [-0.2, -0.15) is 5.10 Å². The Bertz CT molecular complexity index is 930. The molecular formula is C15H11N5O3. The largest absolute Gasteiger partial charge is 0.433 e. The van der Waals surface area contributed by atoms with Crippen LogP contribution >= 0.6 is 0 Å². The van der Waals surface area contributed by atoms with Crippen LogP contribution in [0.2, 0.25) is 0 Å². The standard InChI is InChI=1S/C15H11N5O3/c16-15(13-7-5-10-3-1-2-4-12(10)18-13)19-17-9-11-6-8-14(23-11)20(21)22/h1-9H,(H2,16,19)/b17-9+. The quantitative estimate of drug-likeness (QED) is 0.343. The first-order chi connectivity index (χ1) is 11.1. The molecule has 23 heavy (non-hydrogen) atoms. The lowest BCUT2D eigenvalue weighted by Crippen LogP contribution is -2.14. The first-order valence-corrected chi connectivity index (χ1v) is 6.60. The summed E-state index contributed by atoms with van der Waals surface area (Å²) in [6, 6.07) is 13.9. The molecule has 0 bridgehead atoms. The molecule has 0 aliphatic rings. The molecule has 3 rings (SSSR count). The maximum absolute atomic E-state index is 10.5. The van der Waals surface area contributed by atoms with Gasteiger partial charge in [0.2, 0.25) is 0 Å². The summed E-state index contributed by atoms with van der Waals surface area (Å²) >= 11 is 0. The molecule has 2 aromatic heterocycles. The number of fused-ring (bicyclic) bond motifs is 1. The minimum absolute atomic E-state index is 0.132. The van der Waals surface area contributed by atoms with Crippen LogP contribution in [0.5, 0.6) is 0 Å². The minimum Gasteiger partial charge on any atom is -0.400 e. The zero-order valence-electron chi connectivity index (χ0n) is 11.8. The molecule has 114 valence electrons. The first kappa shape index (κ1) is 14.4. The van der Waals surface area contributed by atoms with Gasteiger partial charge in [0.25, 0.3) is 0 Å². The average Bonchev–Trinajstić information content (AvgIpc) is 3.03. The highest BCUT2D eigenvalue weighted by Crippen LogP contribution is 2.14. The normalized spacial score (nSPS) is 12.1. The van der Waals surface area contributed by atoms with E-state index < -0.39 is 4.92 Å². The second kappa shape index (κ2) is 6.06. The summed E-state index contributed by atoms with van der Waals surface area (Å²) in [6.07, 6.45) is 1.24. The number of para-hydroxylation sites is 1. The van der Waals surface area contributed by atoms with Gasteiger partial charge in [0, 0.05) is 5.39 Å². The highest BCUT2D eigenvalue weighted by Gasteiger charge is 2.10. The number of nitro groups is 1. The Balaban J connectivity index is 1.80. The average molecular weight is 309 g/mol. The van der Waals surface area contributed by atoms with E-state index in [1.54, 1.807) is 6.07 Å². The van der Waals surface area contributed by atoms with E-state index in [4.69, 9.17) is 10.2 Å². The van der Waals surface area contributed by atoms with Crippen LogP contribution < -0.4 is 5.73 Å². The van der Waals surface area contributed by atoms with E-state index in [1.165, 1.54) is 18.3 Å². The topological polar surface area (TPSA) is 120 Å². The Morgan fingerprint density at radius 1 is 1.22 bits per heavy atom. The molecule has 2 N–H and O–H groups in total. The Kier molecular flexibility index (Phi) is 3.79. The third-order valence-corrected chi connectivity index (χ3v) is 3.00. The Labute approximate surface area is 130 Å². The van der Waals surface area contributed by atoms with Crippen molar-refractivity contribution in [3.63, 3.8) is 0 Å². The molecule has 8 nitrogen and oxygen atoms in total. The van der Waals surface area contributed by atoms with Crippen LogP contribution in [0.4, 0.5) is 5.88 Å². The van der Waals surface area contributed by atoms with E-state index in [2.05, 4.69) is 15.2 Å². The van der Waals surface area contributed by atoms with E-state index in [1.807, 2.05) is 30.3 Å². The Hall–Kier alpha value is -3.55. The molecule has 0 saturated carbocycles. The molecule has 8 heteroatoms. The van der Waals surface area contributed by atoms with Gasteiger partial charge in [0.05, 0.1) is 17.8 Å². The second-order valence-corrected chi connectivity index (χ2v) is 4.55. The Morgan fingerprint density at radius 3 is 2.83 bits per heavy atom. The number of aromatic nitrogens is 1. The van der Waals surface area contributed by atoms with Crippen LogP contribution in [0.3, 0.4) is 0 Å². The maximum Gasteiger partial charge on any atom is 0.433 e. The van der Waals surface area contributed by atoms with Crippen molar-refractivity contribution in [2.45, 2.75) is 0 Å². The molecule has 3 aromatic rings. The van der Waals surface area contributed by atoms with Crippen LogP contribution in [0.15, 0.2) is 63.2 Å². The maximum atomic E-state index is 10.5. The molecular weight excluding hydrogens is 298 g/mol. The van der Waals surface area contributed by atoms with Crippen molar-refractivity contribution in [2.24, 2.45) is 15.9 Å². The van der Waals surface area contributed by atoms with Gasteiger partial charge in [-0.25, -0.2) is 4.98 Å². The number of hydrogen-bond donors (Lipinski definition) is 1. The van der Waals surface area contributed by atoms with Gasteiger partial charge in [-0.1, -0.05) is 24.3 Å². The highest BCUT2D eigenvalue weighted by atomic mass is 16.6. The van der Waals surface area contributed by atoms with Crippen LogP contribution in [0, 0.1) is 10.1 Å². The number of pyridine rings is 1. The summed E-state index contributed by atoms with van der Waals surface area (Å²) in [5, 5.41) is 19.1. The van der Waals surface area contributed by atoms with Crippen LogP contribution in [-0.4, -0.2) is 22.0 Å². The third kappa shape index (κ3) is 3.21. The smallest absolute Gasteiger partial charge is 0.400 e. The Morgan fingerprint density at radius 2 is 2.04 bits per heavy atom. The number of hydrogen-bond acceptors (Lipinski definition) is 6. The number of rotatable bonds is 4. The van der Waals surface area contributed by atoms with Crippen molar-refractivity contribution < 1.29 is 9.34 Å². The molecule has 2 heterocycles. The van der Waals surface area contributed by atoms with Crippen molar-refractivity contribution in [2.75, 3.05) is 0 Å². The lowest BCUT2D eigenvalue weighted by atomic mass is 10.2. The van der Waals surface area contributed by atoms with Gasteiger partial charge >= 0.3 is 5.88 Å². The van der Waals surface area contributed by atoms with Gasteiger partial charge < -0.3 is 10.2 Å². The number of furan rings is 1. The SMILES string of the molecule is N/C(=N\N=C\c1ccc([N+](=O)[O-])o1)c1ccc2ccccc2n1. The van der Waals surface area contributed by atoms with E-state index in [0.29, 0.717) is 5.69 Å². The van der Waals surface area contributed by atoms with Crippen LogP contribution in [0.1, 0.15) is 11.5 Å². The van der Waals surface area contributed by atoms with E-state index in [9.17, 15) is 10.1 Å². The molecule has 0 amide bonds. The predicted molar refractivity (Wildman–Crippen MR) is 85.4 cm³/mol. The van der Waals surface area contributed by atoms with Crippen LogP contribution in [0.25, 0.3) is 10.9 Å². The fourth-order valence-corrected chi connectivity index (χ4v) is 1.92. The van der Waals surface area contributed by atoms with E-state index in [0.717, 1.165) is 10.9 Å². The van der Waals surface area contributed by atoms with Crippen LogP contribution in [-0.2, 0) is 0 Å². The van der Waals surface area contributed by atoms with Gasteiger partial charge in [0.1, 0.15) is 10.6 Å². The molecule has 0 unspecified atom stereocenters. The van der Waals surface area contributed by atoms with Crippen molar-refractivity contribution in [1.29, 1.82) is 0 Å². The molecule has 0 aliphatic heterocycles. The van der Waals surface area contributed by atoms with Gasteiger partial charge in [0.15, 0.2) is 11.6 Å². The molecule has 0 fully saturated rings. The van der Waals surface area contributed by atoms with Crippen molar-refractivity contribution >= 4 is 28.8 Å². The molecule has 1 aromatic carbocycles. The molecule has 0 radical (unpaired) electrons. The molecule has 0 spiro atoms. The second-order valence-electron chi connectivity index (χ2n) is 4.55. The van der Waals surface area contributed by atoms with E-state index >= 15 is 0 Å². The van der Waals surface area contributed by atoms with Gasteiger partial charge in [-0.3, -0.25) is 10.1 Å². The number of nitrogens with two attached hydrogens (primary N) is 1. The van der Waals surface area contributed by atoms with Gasteiger partial charge in [-0.15, -0.1) is 5.10 Å².